The second kappa shape index (κ2) is 9.03. The molecule has 0 amide bonds. The number of nitrogens with one attached hydrogen (secondary N) is 1. The largest absolute Gasteiger partial charge is 0.314 e. The Morgan fingerprint density at radius 3 is 2.58 bits per heavy atom. The van der Waals surface area contributed by atoms with Gasteiger partial charge in [0, 0.05) is 6.04 Å². The molecule has 0 aromatic heterocycles. The first kappa shape index (κ1) is 16.1. The minimum Gasteiger partial charge on any atom is -0.314 e. The van der Waals surface area contributed by atoms with Gasteiger partial charge in [-0.25, -0.2) is 8.78 Å². The summed E-state index contributed by atoms with van der Waals surface area (Å²) in [6.07, 6.45) is 5.93. The van der Waals surface area contributed by atoms with Gasteiger partial charge in [-0.1, -0.05) is 20.3 Å². The van der Waals surface area contributed by atoms with Crippen LogP contribution in [0.2, 0.25) is 0 Å². The van der Waals surface area contributed by atoms with Crippen LogP contribution in [0.5, 0.6) is 0 Å². The standard InChI is InChI=1S/C16H25F2N/c1-3-6-15(19-11-4-2)8-5-7-13-12-14(17)9-10-16(13)18/h9-10,12,15,19H,3-8,11H2,1-2H3. The third-order valence-corrected chi connectivity index (χ3v) is 3.33. The Bertz CT molecular complexity index is 366. The zero-order chi connectivity index (χ0) is 14.1. The molecule has 0 saturated heterocycles. The van der Waals surface area contributed by atoms with Gasteiger partial charge in [0.25, 0.3) is 0 Å². The molecule has 0 bridgehead atoms. The van der Waals surface area contributed by atoms with E-state index in [1.165, 1.54) is 18.2 Å². The molecule has 1 aromatic rings. The van der Waals surface area contributed by atoms with Crippen LogP contribution >= 0.6 is 0 Å². The molecule has 1 atom stereocenters. The number of hydrogen-bond acceptors (Lipinski definition) is 1. The highest BCUT2D eigenvalue weighted by Gasteiger charge is 2.08. The molecule has 0 fully saturated rings. The number of rotatable bonds is 9. The van der Waals surface area contributed by atoms with Crippen LogP contribution in [0.3, 0.4) is 0 Å². The maximum atomic E-state index is 13.5. The summed E-state index contributed by atoms with van der Waals surface area (Å²) in [6.45, 7) is 5.35. The van der Waals surface area contributed by atoms with Crippen molar-refractivity contribution >= 4 is 0 Å². The summed E-state index contributed by atoms with van der Waals surface area (Å²) in [5.41, 5.74) is 0.491. The Hall–Kier alpha value is -0.960. The zero-order valence-corrected chi connectivity index (χ0v) is 12.0. The predicted molar refractivity (Wildman–Crippen MR) is 76.3 cm³/mol. The van der Waals surface area contributed by atoms with Gasteiger partial charge in [-0.2, -0.15) is 0 Å². The maximum absolute atomic E-state index is 13.5. The molecule has 108 valence electrons. The molecule has 0 aliphatic carbocycles. The molecule has 1 N–H and O–H groups in total. The van der Waals surface area contributed by atoms with Crippen LogP contribution in [0.15, 0.2) is 18.2 Å². The molecule has 0 aliphatic rings. The lowest BCUT2D eigenvalue weighted by Crippen LogP contribution is -2.29. The molecular formula is C16H25F2N. The minimum atomic E-state index is -0.356. The van der Waals surface area contributed by atoms with Crippen LogP contribution < -0.4 is 5.32 Å². The molecule has 0 saturated carbocycles. The monoisotopic (exact) mass is 269 g/mol. The molecule has 1 aromatic carbocycles. The third-order valence-electron chi connectivity index (χ3n) is 3.33. The number of benzene rings is 1. The van der Waals surface area contributed by atoms with Crippen molar-refractivity contribution in [2.75, 3.05) is 6.54 Å². The highest BCUT2D eigenvalue weighted by atomic mass is 19.1. The smallest absolute Gasteiger partial charge is 0.126 e. The van der Waals surface area contributed by atoms with Crippen molar-refractivity contribution in [2.24, 2.45) is 0 Å². The van der Waals surface area contributed by atoms with E-state index in [1.54, 1.807) is 0 Å². The lowest BCUT2D eigenvalue weighted by atomic mass is 10.0. The average Bonchev–Trinajstić information content (AvgIpc) is 2.40. The van der Waals surface area contributed by atoms with Crippen LogP contribution in [0.1, 0.15) is 51.5 Å². The van der Waals surface area contributed by atoms with Gasteiger partial charge in [-0.05, 0) is 62.4 Å². The minimum absolute atomic E-state index is 0.296. The van der Waals surface area contributed by atoms with Crippen LogP contribution in [0.4, 0.5) is 8.78 Å². The van der Waals surface area contributed by atoms with Gasteiger partial charge < -0.3 is 5.32 Å². The fourth-order valence-electron chi connectivity index (χ4n) is 2.32. The summed E-state index contributed by atoms with van der Waals surface area (Å²) in [5, 5.41) is 3.51. The maximum Gasteiger partial charge on any atom is 0.126 e. The van der Waals surface area contributed by atoms with Crippen LogP contribution in [-0.2, 0) is 6.42 Å². The van der Waals surface area contributed by atoms with E-state index >= 15 is 0 Å². The first-order valence-electron chi connectivity index (χ1n) is 7.34. The lowest BCUT2D eigenvalue weighted by molar-refractivity contribution is 0.436. The topological polar surface area (TPSA) is 12.0 Å². The summed E-state index contributed by atoms with van der Waals surface area (Å²) in [7, 11) is 0. The van der Waals surface area contributed by atoms with Gasteiger partial charge in [0.2, 0.25) is 0 Å². The number of halogens is 2. The van der Waals surface area contributed by atoms with Gasteiger partial charge in [0.05, 0.1) is 0 Å². The van der Waals surface area contributed by atoms with Crippen molar-refractivity contribution in [2.45, 2.75) is 58.4 Å². The van der Waals surface area contributed by atoms with E-state index in [0.717, 1.165) is 38.6 Å². The Morgan fingerprint density at radius 2 is 1.89 bits per heavy atom. The summed E-state index contributed by atoms with van der Waals surface area (Å²) in [4.78, 5) is 0. The van der Waals surface area contributed by atoms with E-state index in [0.29, 0.717) is 18.0 Å². The zero-order valence-electron chi connectivity index (χ0n) is 12.0. The van der Waals surface area contributed by atoms with Crippen molar-refractivity contribution in [1.29, 1.82) is 0 Å². The third kappa shape index (κ3) is 6.15. The fourth-order valence-corrected chi connectivity index (χ4v) is 2.32. The second-order valence-corrected chi connectivity index (χ2v) is 5.07. The molecular weight excluding hydrogens is 244 g/mol. The first-order valence-corrected chi connectivity index (χ1v) is 7.34. The van der Waals surface area contributed by atoms with Crippen LogP contribution in [0, 0.1) is 11.6 Å². The summed E-state index contributed by atoms with van der Waals surface area (Å²) >= 11 is 0. The van der Waals surface area contributed by atoms with E-state index in [9.17, 15) is 8.78 Å². The van der Waals surface area contributed by atoms with Crippen molar-refractivity contribution in [3.05, 3.63) is 35.4 Å². The summed E-state index contributed by atoms with van der Waals surface area (Å²) in [6, 6.07) is 4.19. The summed E-state index contributed by atoms with van der Waals surface area (Å²) in [5.74, 6) is -0.652. The van der Waals surface area contributed by atoms with Crippen LogP contribution in [-0.4, -0.2) is 12.6 Å². The SMILES string of the molecule is CCCNC(CCC)CCCc1cc(F)ccc1F. The molecule has 0 heterocycles. The van der Waals surface area contributed by atoms with Gasteiger partial charge in [0.15, 0.2) is 0 Å². The predicted octanol–water partition coefficient (Wildman–Crippen LogP) is 4.46. The van der Waals surface area contributed by atoms with Crippen molar-refractivity contribution in [1.82, 2.24) is 5.32 Å². The Kier molecular flexibility index (Phi) is 7.65. The molecule has 1 rings (SSSR count). The van der Waals surface area contributed by atoms with E-state index < -0.39 is 0 Å². The van der Waals surface area contributed by atoms with Crippen molar-refractivity contribution in [3.8, 4) is 0 Å². The molecule has 19 heavy (non-hydrogen) atoms. The quantitative estimate of drug-likeness (QED) is 0.698. The fraction of sp³-hybridized carbons (Fsp3) is 0.625. The summed E-state index contributed by atoms with van der Waals surface area (Å²) < 4.78 is 26.5. The van der Waals surface area contributed by atoms with Gasteiger partial charge in [-0.3, -0.25) is 0 Å². The van der Waals surface area contributed by atoms with E-state index in [-0.39, 0.29) is 11.6 Å². The van der Waals surface area contributed by atoms with Gasteiger partial charge in [0.1, 0.15) is 11.6 Å². The Morgan fingerprint density at radius 1 is 1.11 bits per heavy atom. The first-order chi connectivity index (χ1) is 9.17. The molecule has 3 heteroatoms. The molecule has 0 spiro atoms. The Balaban J connectivity index is 2.40. The van der Waals surface area contributed by atoms with Crippen LogP contribution in [0.25, 0.3) is 0 Å². The van der Waals surface area contributed by atoms with Crippen molar-refractivity contribution < 1.29 is 8.78 Å². The highest BCUT2D eigenvalue weighted by Crippen LogP contribution is 2.14. The Labute approximate surface area is 115 Å². The second-order valence-electron chi connectivity index (χ2n) is 5.07. The lowest BCUT2D eigenvalue weighted by Gasteiger charge is -2.17. The van der Waals surface area contributed by atoms with E-state index in [2.05, 4.69) is 19.2 Å². The van der Waals surface area contributed by atoms with Crippen molar-refractivity contribution in [3.63, 3.8) is 0 Å². The van der Waals surface area contributed by atoms with E-state index in [4.69, 9.17) is 0 Å². The van der Waals surface area contributed by atoms with Gasteiger partial charge >= 0.3 is 0 Å². The molecule has 1 unspecified atom stereocenters. The number of hydrogen-bond donors (Lipinski definition) is 1. The highest BCUT2D eigenvalue weighted by molar-refractivity contribution is 5.18. The number of aryl methyl sites for hydroxylation is 1. The molecule has 1 nitrogen and oxygen atoms in total. The molecule has 0 aliphatic heterocycles. The average molecular weight is 269 g/mol. The normalized spacial score (nSPS) is 12.6. The molecule has 0 radical (unpaired) electrons. The van der Waals surface area contributed by atoms with Gasteiger partial charge in [-0.15, -0.1) is 0 Å². The van der Waals surface area contributed by atoms with E-state index in [1.807, 2.05) is 0 Å².